The van der Waals surface area contributed by atoms with Gasteiger partial charge in [0, 0.05) is 0 Å². The average Bonchev–Trinajstić information content (AvgIpc) is 2.23. The molecule has 120 valence electrons. The van der Waals surface area contributed by atoms with Crippen LogP contribution < -0.4 is 0 Å². The first-order valence-corrected chi connectivity index (χ1v) is 6.90. The molecule has 12 heteroatoms. The van der Waals surface area contributed by atoms with Crippen molar-refractivity contribution in [1.82, 2.24) is 0 Å². The van der Waals surface area contributed by atoms with Crippen LogP contribution in [0.25, 0.3) is 0 Å². The van der Waals surface area contributed by atoms with Gasteiger partial charge < -0.3 is 30.2 Å². The molecular formula is C9H13O11P. The van der Waals surface area contributed by atoms with Crippen molar-refractivity contribution in [2.45, 2.75) is 24.4 Å². The molecule has 0 bridgehead atoms. The third kappa shape index (κ3) is 4.81. The molecule has 0 radical (unpaired) electrons. The molecule has 0 aliphatic rings. The maximum Gasteiger partial charge on any atom is 0.343 e. The highest BCUT2D eigenvalue weighted by molar-refractivity contribution is 7.54. The largest absolute Gasteiger partial charge is 0.481 e. The normalized spacial score (nSPS) is 15.7. The van der Waals surface area contributed by atoms with E-state index in [-0.39, 0.29) is 0 Å². The van der Waals surface area contributed by atoms with Crippen LogP contribution in [0.3, 0.4) is 0 Å². The number of hydrogen-bond donors (Lipinski definition) is 6. The number of carboxylic acid groups (broad SMARTS) is 4. The Bertz CT molecular complexity index is 506. The van der Waals surface area contributed by atoms with E-state index in [0.717, 1.165) is 0 Å². The fraction of sp³-hybridized carbons (Fsp3) is 0.556. The van der Waals surface area contributed by atoms with Crippen LogP contribution in [0.4, 0.5) is 0 Å². The molecule has 0 amide bonds. The van der Waals surface area contributed by atoms with Gasteiger partial charge in [-0.2, -0.15) is 0 Å². The molecule has 0 aromatic heterocycles. The summed E-state index contributed by atoms with van der Waals surface area (Å²) < 4.78 is 11.4. The van der Waals surface area contributed by atoms with Crippen LogP contribution in [0.2, 0.25) is 0 Å². The lowest BCUT2D eigenvalue weighted by Gasteiger charge is -2.30. The molecule has 21 heavy (non-hydrogen) atoms. The zero-order chi connectivity index (χ0) is 17.0. The summed E-state index contributed by atoms with van der Waals surface area (Å²) in [5.41, 5.74) is 0. The van der Waals surface area contributed by atoms with Crippen molar-refractivity contribution in [3.63, 3.8) is 0 Å². The summed E-state index contributed by atoms with van der Waals surface area (Å²) in [5, 5.41) is 31.7. The molecule has 2 unspecified atom stereocenters. The van der Waals surface area contributed by atoms with Crippen LogP contribution in [0.5, 0.6) is 0 Å². The Hall–Kier alpha value is -1.97. The molecule has 6 N–H and O–H groups in total. The fourth-order valence-electron chi connectivity index (χ4n) is 1.70. The van der Waals surface area contributed by atoms with Crippen molar-refractivity contribution in [2.24, 2.45) is 5.92 Å². The number of rotatable bonds is 9. The molecule has 2 atom stereocenters. The Morgan fingerprint density at radius 2 is 1.43 bits per heavy atom. The molecule has 0 fully saturated rings. The predicted molar refractivity (Wildman–Crippen MR) is 62.7 cm³/mol. The summed E-state index contributed by atoms with van der Waals surface area (Å²) in [4.78, 5) is 61.5. The van der Waals surface area contributed by atoms with Gasteiger partial charge in [0.25, 0.3) is 0 Å². The Morgan fingerprint density at radius 3 is 1.67 bits per heavy atom. The van der Waals surface area contributed by atoms with Crippen LogP contribution in [-0.4, -0.2) is 59.2 Å². The number of hydrogen-bond acceptors (Lipinski definition) is 5. The minimum absolute atomic E-state index is 1.11. The molecule has 0 saturated carbocycles. The van der Waals surface area contributed by atoms with Gasteiger partial charge in [0.2, 0.25) is 0 Å². The van der Waals surface area contributed by atoms with Crippen molar-refractivity contribution in [3.8, 4) is 0 Å². The third-order valence-electron chi connectivity index (χ3n) is 2.75. The van der Waals surface area contributed by atoms with Gasteiger partial charge in [-0.1, -0.05) is 0 Å². The number of carboxylic acids is 4. The van der Waals surface area contributed by atoms with E-state index in [1.54, 1.807) is 0 Å². The van der Waals surface area contributed by atoms with Crippen LogP contribution >= 0.6 is 7.60 Å². The average molecular weight is 328 g/mol. The van der Waals surface area contributed by atoms with Crippen LogP contribution in [0.1, 0.15) is 19.3 Å². The second-order valence-electron chi connectivity index (χ2n) is 4.29. The Kier molecular flexibility index (Phi) is 6.03. The van der Waals surface area contributed by atoms with Gasteiger partial charge in [-0.15, -0.1) is 0 Å². The van der Waals surface area contributed by atoms with Crippen molar-refractivity contribution in [2.75, 3.05) is 0 Å². The van der Waals surface area contributed by atoms with Crippen molar-refractivity contribution < 1.29 is 54.0 Å². The highest BCUT2D eigenvalue weighted by atomic mass is 31.2. The van der Waals surface area contributed by atoms with E-state index in [2.05, 4.69) is 0 Å². The molecular weight excluding hydrogens is 315 g/mol. The van der Waals surface area contributed by atoms with Gasteiger partial charge in [-0.25, -0.2) is 0 Å². The minimum Gasteiger partial charge on any atom is -0.481 e. The van der Waals surface area contributed by atoms with Crippen molar-refractivity contribution in [3.05, 3.63) is 0 Å². The monoisotopic (exact) mass is 328 g/mol. The first-order chi connectivity index (χ1) is 9.33. The summed E-state index contributed by atoms with van der Waals surface area (Å²) in [6, 6.07) is 0. The first-order valence-electron chi connectivity index (χ1n) is 5.29. The van der Waals surface area contributed by atoms with Gasteiger partial charge in [-0.05, 0) is 6.42 Å². The first kappa shape index (κ1) is 19.0. The van der Waals surface area contributed by atoms with E-state index in [9.17, 15) is 23.7 Å². The smallest absolute Gasteiger partial charge is 0.343 e. The SMILES string of the molecule is O=C(O)CC(CC(CC(=O)O)(C(=O)O)P(=O)(O)O)C(=O)O. The zero-order valence-corrected chi connectivity index (χ0v) is 11.3. The highest BCUT2D eigenvalue weighted by Gasteiger charge is 2.57. The third-order valence-corrected chi connectivity index (χ3v) is 4.40. The lowest BCUT2D eigenvalue weighted by molar-refractivity contribution is -0.152. The molecule has 0 aliphatic heterocycles. The second kappa shape index (κ2) is 6.66. The lowest BCUT2D eigenvalue weighted by Crippen LogP contribution is -2.44. The molecule has 0 aliphatic carbocycles. The van der Waals surface area contributed by atoms with E-state index >= 15 is 0 Å². The number of aliphatic carboxylic acids is 4. The van der Waals surface area contributed by atoms with E-state index in [1.165, 1.54) is 0 Å². The molecule has 0 heterocycles. The second-order valence-corrected chi connectivity index (χ2v) is 6.23. The van der Waals surface area contributed by atoms with E-state index in [0.29, 0.717) is 0 Å². The van der Waals surface area contributed by atoms with Gasteiger partial charge >= 0.3 is 31.5 Å². The van der Waals surface area contributed by atoms with Gasteiger partial charge in [0.1, 0.15) is 0 Å². The summed E-state index contributed by atoms with van der Waals surface area (Å²) in [7, 11) is -5.59. The molecule has 0 rings (SSSR count). The van der Waals surface area contributed by atoms with Crippen LogP contribution in [-0.2, 0) is 23.7 Å². The van der Waals surface area contributed by atoms with Gasteiger partial charge in [0.05, 0.1) is 18.8 Å². The molecule has 0 aromatic rings. The van der Waals surface area contributed by atoms with Gasteiger partial charge in [-0.3, -0.25) is 23.7 Å². The fourth-order valence-corrected chi connectivity index (χ4v) is 2.75. The lowest BCUT2D eigenvalue weighted by atomic mass is 9.89. The van der Waals surface area contributed by atoms with Gasteiger partial charge in [0.15, 0.2) is 5.16 Å². The summed E-state index contributed by atoms with van der Waals surface area (Å²) in [5.74, 6) is -9.50. The maximum atomic E-state index is 11.4. The standard InChI is InChI=1S/C9H13O11P/c10-5(11)1-4(7(14)15)2-9(8(16)17,3-6(12)13)21(18,19)20/h4H,1-3H2,(H,10,11)(H,12,13)(H,14,15)(H,16,17)(H2,18,19,20). The Balaban J connectivity index is 5.83. The quantitative estimate of drug-likeness (QED) is 0.284. The van der Waals surface area contributed by atoms with E-state index in [1.807, 2.05) is 0 Å². The molecule has 0 aromatic carbocycles. The minimum atomic E-state index is -5.59. The topological polar surface area (TPSA) is 207 Å². The Labute approximate surface area is 117 Å². The highest BCUT2D eigenvalue weighted by Crippen LogP contribution is 2.56. The zero-order valence-electron chi connectivity index (χ0n) is 10.4. The molecule has 0 spiro atoms. The van der Waals surface area contributed by atoms with Crippen molar-refractivity contribution in [1.29, 1.82) is 0 Å². The van der Waals surface area contributed by atoms with E-state index < -0.39 is 61.8 Å². The summed E-state index contributed by atoms with van der Waals surface area (Å²) in [6.45, 7) is 0. The number of carbonyl (C=O) groups is 4. The van der Waals surface area contributed by atoms with Crippen LogP contribution in [0.15, 0.2) is 0 Å². The summed E-state index contributed by atoms with van der Waals surface area (Å²) >= 11 is 0. The van der Waals surface area contributed by atoms with E-state index in [4.69, 9.17) is 30.2 Å². The maximum absolute atomic E-state index is 11.4. The van der Waals surface area contributed by atoms with Crippen LogP contribution in [0, 0.1) is 5.92 Å². The molecule has 0 saturated heterocycles. The molecule has 11 nitrogen and oxygen atoms in total. The van der Waals surface area contributed by atoms with Crippen molar-refractivity contribution >= 4 is 31.5 Å². The predicted octanol–water partition coefficient (Wildman–Crippen LogP) is -0.972. The summed E-state index contributed by atoms with van der Waals surface area (Å²) in [6.07, 6.45) is -3.99. The Morgan fingerprint density at radius 1 is 0.952 bits per heavy atom.